The number of hydrogen-bond donors (Lipinski definition) is 1. The molecule has 1 saturated heterocycles. The van der Waals surface area contributed by atoms with E-state index in [1.54, 1.807) is 11.3 Å². The third kappa shape index (κ3) is 2.17. The van der Waals surface area contributed by atoms with Crippen LogP contribution < -0.4 is 0 Å². The van der Waals surface area contributed by atoms with Gasteiger partial charge in [0.2, 0.25) is 0 Å². The lowest BCUT2D eigenvalue weighted by Gasteiger charge is -2.21. The van der Waals surface area contributed by atoms with Crippen LogP contribution in [0, 0.1) is 6.92 Å². The summed E-state index contributed by atoms with van der Waals surface area (Å²) in [5, 5.41) is 11.6. The highest BCUT2D eigenvalue weighted by molar-refractivity contribution is 7.15. The van der Waals surface area contributed by atoms with E-state index in [-0.39, 0.29) is 6.04 Å². The lowest BCUT2D eigenvalue weighted by molar-refractivity contribution is -0.142. The van der Waals surface area contributed by atoms with E-state index in [9.17, 15) is 9.90 Å². The predicted molar refractivity (Wildman–Crippen MR) is 80.8 cm³/mol. The van der Waals surface area contributed by atoms with Crippen LogP contribution in [0.1, 0.15) is 48.7 Å². The van der Waals surface area contributed by atoms with Crippen molar-refractivity contribution in [1.82, 2.24) is 14.3 Å². The van der Waals surface area contributed by atoms with Gasteiger partial charge in [0.05, 0.1) is 11.4 Å². The van der Waals surface area contributed by atoms with Crippen LogP contribution in [0.3, 0.4) is 0 Å². The van der Waals surface area contributed by atoms with Gasteiger partial charge < -0.3 is 5.11 Å². The molecule has 21 heavy (non-hydrogen) atoms. The summed E-state index contributed by atoms with van der Waals surface area (Å²) in [7, 11) is 0. The zero-order valence-corrected chi connectivity index (χ0v) is 12.9. The Kier molecular flexibility index (Phi) is 3.04. The van der Waals surface area contributed by atoms with Crippen LogP contribution in [0.5, 0.6) is 0 Å². The van der Waals surface area contributed by atoms with E-state index in [2.05, 4.69) is 19.7 Å². The van der Waals surface area contributed by atoms with E-state index >= 15 is 0 Å². The van der Waals surface area contributed by atoms with Gasteiger partial charge in [0.25, 0.3) is 0 Å². The monoisotopic (exact) mass is 305 g/mol. The number of carboxylic acids is 1. The second kappa shape index (κ2) is 4.81. The first kappa shape index (κ1) is 13.3. The fraction of sp³-hybridized carbons (Fsp3) is 0.600. The maximum Gasteiger partial charge on any atom is 0.320 e. The van der Waals surface area contributed by atoms with Gasteiger partial charge >= 0.3 is 5.97 Å². The molecule has 4 rings (SSSR count). The van der Waals surface area contributed by atoms with Crippen LogP contribution in [0.2, 0.25) is 0 Å². The number of rotatable bonds is 4. The lowest BCUT2D eigenvalue weighted by Crippen LogP contribution is -2.35. The molecule has 1 N–H and O–H groups in total. The fourth-order valence-corrected chi connectivity index (χ4v) is 4.41. The number of fused-ring (bicyclic) bond motifs is 1. The smallest absolute Gasteiger partial charge is 0.320 e. The van der Waals surface area contributed by atoms with Crippen molar-refractivity contribution < 1.29 is 9.90 Å². The minimum Gasteiger partial charge on any atom is -0.480 e. The standard InChI is InChI=1S/C15H19N3O2S/c1-9-12(7-17-6-2-3-11(17)14(19)20)18-13(10-4-5-10)8-21-15(18)16-9/h8,10-11H,2-7H2,1H3,(H,19,20)/t11-/m1/s1. The van der Waals surface area contributed by atoms with Crippen molar-refractivity contribution in [2.45, 2.75) is 51.1 Å². The van der Waals surface area contributed by atoms with Crippen LogP contribution in [-0.4, -0.2) is 37.9 Å². The van der Waals surface area contributed by atoms with Gasteiger partial charge in [0.15, 0.2) is 4.96 Å². The van der Waals surface area contributed by atoms with Gasteiger partial charge in [-0.15, -0.1) is 11.3 Å². The average molecular weight is 305 g/mol. The van der Waals surface area contributed by atoms with Crippen LogP contribution in [-0.2, 0) is 11.3 Å². The van der Waals surface area contributed by atoms with E-state index in [4.69, 9.17) is 0 Å². The van der Waals surface area contributed by atoms with E-state index < -0.39 is 5.97 Å². The molecule has 2 aromatic heterocycles. The van der Waals surface area contributed by atoms with Crippen LogP contribution >= 0.6 is 11.3 Å². The molecule has 1 aliphatic heterocycles. The summed E-state index contributed by atoms with van der Waals surface area (Å²) < 4.78 is 2.29. The maximum atomic E-state index is 11.4. The van der Waals surface area contributed by atoms with E-state index in [0.717, 1.165) is 30.0 Å². The topological polar surface area (TPSA) is 57.8 Å². The number of aromatic nitrogens is 2. The van der Waals surface area contributed by atoms with Gasteiger partial charge in [-0.25, -0.2) is 4.98 Å². The summed E-state index contributed by atoms with van der Waals surface area (Å²) in [6, 6.07) is -0.335. The first-order valence-electron chi connectivity index (χ1n) is 7.57. The van der Waals surface area contributed by atoms with Gasteiger partial charge in [-0.1, -0.05) is 0 Å². The van der Waals surface area contributed by atoms with Crippen molar-refractivity contribution in [2.24, 2.45) is 0 Å². The van der Waals surface area contributed by atoms with E-state index in [1.165, 1.54) is 24.2 Å². The number of hydrogen-bond acceptors (Lipinski definition) is 4. The Morgan fingerprint density at radius 2 is 2.29 bits per heavy atom. The van der Waals surface area contributed by atoms with Crippen LogP contribution in [0.15, 0.2) is 5.38 Å². The number of carboxylic acid groups (broad SMARTS) is 1. The molecule has 2 aromatic rings. The second-order valence-corrected chi connectivity index (χ2v) is 7.00. The maximum absolute atomic E-state index is 11.4. The Balaban J connectivity index is 1.70. The number of nitrogens with zero attached hydrogens (tertiary/aromatic N) is 3. The minimum absolute atomic E-state index is 0.335. The molecule has 0 aromatic carbocycles. The Hall–Kier alpha value is -1.40. The fourth-order valence-electron chi connectivity index (χ4n) is 3.38. The van der Waals surface area contributed by atoms with Gasteiger partial charge in [0.1, 0.15) is 6.04 Å². The highest BCUT2D eigenvalue weighted by Crippen LogP contribution is 2.42. The highest BCUT2D eigenvalue weighted by Gasteiger charge is 2.33. The number of aliphatic carboxylic acids is 1. The van der Waals surface area contributed by atoms with Crippen molar-refractivity contribution in [3.63, 3.8) is 0 Å². The summed E-state index contributed by atoms with van der Waals surface area (Å²) >= 11 is 1.70. The van der Waals surface area contributed by atoms with Crippen molar-refractivity contribution in [3.8, 4) is 0 Å². The molecule has 0 unspecified atom stereocenters. The summed E-state index contributed by atoms with van der Waals surface area (Å²) in [5.74, 6) is -0.0152. The number of imidazole rings is 1. The van der Waals surface area contributed by atoms with E-state index in [0.29, 0.717) is 12.5 Å². The molecule has 112 valence electrons. The molecule has 3 heterocycles. The summed E-state index contributed by atoms with van der Waals surface area (Å²) in [4.78, 5) is 19.2. The van der Waals surface area contributed by atoms with Crippen LogP contribution in [0.4, 0.5) is 0 Å². The number of aryl methyl sites for hydroxylation is 1. The van der Waals surface area contributed by atoms with Crippen LogP contribution in [0.25, 0.3) is 4.96 Å². The largest absolute Gasteiger partial charge is 0.480 e. The molecule has 1 aliphatic carbocycles. The predicted octanol–water partition coefficient (Wildman–Crippen LogP) is 2.63. The van der Waals surface area contributed by atoms with Crippen molar-refractivity contribution in [3.05, 3.63) is 22.5 Å². The molecule has 5 nitrogen and oxygen atoms in total. The molecule has 2 aliphatic rings. The number of likely N-dealkylation sites (tertiary alicyclic amines) is 1. The van der Waals surface area contributed by atoms with E-state index in [1.807, 2.05) is 6.92 Å². The van der Waals surface area contributed by atoms with Gasteiger partial charge in [-0.05, 0) is 39.2 Å². The molecule has 0 amide bonds. The van der Waals surface area contributed by atoms with Gasteiger partial charge in [-0.3, -0.25) is 14.1 Å². The first-order valence-corrected chi connectivity index (χ1v) is 8.45. The highest BCUT2D eigenvalue weighted by atomic mass is 32.1. The third-order valence-corrected chi connectivity index (χ3v) is 5.53. The molecular weight excluding hydrogens is 286 g/mol. The SMILES string of the molecule is Cc1nc2scc(C3CC3)n2c1CN1CCC[C@@H]1C(=O)O. The van der Waals surface area contributed by atoms with Gasteiger partial charge in [-0.2, -0.15) is 0 Å². The molecule has 1 saturated carbocycles. The van der Waals surface area contributed by atoms with Crippen molar-refractivity contribution in [1.29, 1.82) is 0 Å². The van der Waals surface area contributed by atoms with Crippen molar-refractivity contribution in [2.75, 3.05) is 6.54 Å². The average Bonchev–Trinajstić information content (AvgIpc) is 2.92. The normalized spacial score (nSPS) is 23.2. The summed E-state index contributed by atoms with van der Waals surface area (Å²) in [6.45, 7) is 3.60. The first-order chi connectivity index (χ1) is 10.1. The summed E-state index contributed by atoms with van der Waals surface area (Å²) in [5.41, 5.74) is 3.60. The Morgan fingerprint density at radius 3 is 3.00 bits per heavy atom. The molecule has 0 spiro atoms. The molecule has 2 fully saturated rings. The zero-order chi connectivity index (χ0) is 14.6. The zero-order valence-electron chi connectivity index (χ0n) is 12.1. The molecular formula is C15H19N3O2S. The Morgan fingerprint density at radius 1 is 1.48 bits per heavy atom. The number of carbonyl (C=O) groups is 1. The number of thiazole rings is 1. The third-order valence-electron chi connectivity index (χ3n) is 4.68. The minimum atomic E-state index is -0.696. The molecule has 1 atom stereocenters. The quantitative estimate of drug-likeness (QED) is 0.943. The lowest BCUT2D eigenvalue weighted by atomic mass is 10.2. The Bertz CT molecular complexity index is 701. The molecule has 0 bridgehead atoms. The molecule has 6 heteroatoms. The van der Waals surface area contributed by atoms with Crippen molar-refractivity contribution >= 4 is 22.3 Å². The second-order valence-electron chi connectivity index (χ2n) is 6.16. The summed E-state index contributed by atoms with van der Waals surface area (Å²) in [6.07, 6.45) is 4.26. The van der Waals surface area contributed by atoms with Gasteiger partial charge in [0, 0.05) is 23.5 Å². The molecule has 0 radical (unpaired) electrons. The Labute approximate surface area is 127 Å².